The molecule has 0 unspecified atom stereocenters. The Balaban J connectivity index is 1.56. The van der Waals surface area contributed by atoms with Crippen molar-refractivity contribution in [1.29, 1.82) is 0 Å². The fourth-order valence-corrected chi connectivity index (χ4v) is 3.64. The minimum absolute atomic E-state index is 0.625. The molecule has 160 valence electrons. The molecule has 0 radical (unpaired) electrons. The fraction of sp³-hybridized carbons (Fsp3) is 0.375. The van der Waals surface area contributed by atoms with Gasteiger partial charge in [0.25, 0.3) is 0 Å². The normalized spacial score (nSPS) is 12.7. The van der Waals surface area contributed by atoms with Crippen LogP contribution in [-0.4, -0.2) is 40.4 Å². The zero-order valence-electron chi connectivity index (χ0n) is 18.1. The molecule has 1 aliphatic rings. The van der Waals surface area contributed by atoms with Gasteiger partial charge in [-0.25, -0.2) is 0 Å². The van der Waals surface area contributed by atoms with Gasteiger partial charge < -0.3 is 24.8 Å². The first kappa shape index (κ1) is 21.6. The molecule has 0 spiro atoms. The summed E-state index contributed by atoms with van der Waals surface area (Å²) in [6.45, 7) is 6.05. The quantitative estimate of drug-likeness (QED) is 0.378. The molecular weight excluding hydrogens is 378 g/mol. The second-order valence-electron chi connectivity index (χ2n) is 7.13. The molecule has 0 aromatic heterocycles. The minimum Gasteiger partial charge on any atom is -0.493 e. The van der Waals surface area contributed by atoms with Gasteiger partial charge >= 0.3 is 0 Å². The van der Waals surface area contributed by atoms with Gasteiger partial charge in [0.15, 0.2) is 17.5 Å². The summed E-state index contributed by atoms with van der Waals surface area (Å²) >= 11 is 0. The van der Waals surface area contributed by atoms with Gasteiger partial charge in [-0.1, -0.05) is 18.2 Å². The van der Waals surface area contributed by atoms with Crippen LogP contribution >= 0.6 is 0 Å². The number of ether oxygens (including phenoxy) is 3. The van der Waals surface area contributed by atoms with Crippen LogP contribution in [-0.2, 0) is 25.8 Å². The molecule has 2 aromatic carbocycles. The topological polar surface area (TPSA) is 64.1 Å². The Morgan fingerprint density at radius 3 is 2.77 bits per heavy atom. The summed E-state index contributed by atoms with van der Waals surface area (Å²) in [5.41, 5.74) is 4.74. The maximum atomic E-state index is 5.58. The lowest BCUT2D eigenvalue weighted by molar-refractivity contribution is 0.352. The van der Waals surface area contributed by atoms with Crippen LogP contribution in [0.2, 0.25) is 0 Å². The summed E-state index contributed by atoms with van der Waals surface area (Å²) in [6.07, 6.45) is 4.50. The van der Waals surface area contributed by atoms with Gasteiger partial charge in [0.1, 0.15) is 5.75 Å². The van der Waals surface area contributed by atoms with E-state index in [1.54, 1.807) is 21.3 Å². The Bertz CT molecular complexity index is 909. The van der Waals surface area contributed by atoms with Crippen molar-refractivity contribution >= 4 is 5.96 Å². The summed E-state index contributed by atoms with van der Waals surface area (Å²) in [4.78, 5) is 4.33. The highest BCUT2D eigenvalue weighted by Gasteiger charge is 2.13. The first-order valence-electron chi connectivity index (χ1n) is 10.2. The van der Waals surface area contributed by atoms with Crippen LogP contribution in [0.4, 0.5) is 0 Å². The summed E-state index contributed by atoms with van der Waals surface area (Å²) < 4.78 is 16.6. The van der Waals surface area contributed by atoms with E-state index in [-0.39, 0.29) is 0 Å². The molecule has 0 bridgehead atoms. The summed E-state index contributed by atoms with van der Waals surface area (Å²) in [5, 5.41) is 6.75. The molecule has 2 N–H and O–H groups in total. The van der Waals surface area contributed by atoms with Crippen LogP contribution in [0.15, 0.2) is 48.0 Å². The first-order chi connectivity index (χ1) is 14.7. The highest BCUT2D eigenvalue weighted by atomic mass is 16.5. The van der Waals surface area contributed by atoms with E-state index in [4.69, 9.17) is 14.2 Å². The van der Waals surface area contributed by atoms with E-state index >= 15 is 0 Å². The monoisotopic (exact) mass is 409 g/mol. The molecule has 1 heterocycles. The van der Waals surface area contributed by atoms with E-state index in [0.717, 1.165) is 60.3 Å². The smallest absolute Gasteiger partial charge is 0.191 e. The van der Waals surface area contributed by atoms with Crippen LogP contribution in [0.1, 0.15) is 22.3 Å². The third kappa shape index (κ3) is 5.26. The number of methoxy groups -OCH3 is 2. The maximum Gasteiger partial charge on any atom is 0.191 e. The largest absolute Gasteiger partial charge is 0.493 e. The molecule has 0 amide bonds. The van der Waals surface area contributed by atoms with Gasteiger partial charge in [0, 0.05) is 32.1 Å². The SMILES string of the molecule is C=CCc1cc(CNC(=NC)NCCc2ccc3c(c2)CCO3)cc(OC)c1OC. The number of rotatable bonds is 9. The number of allylic oxidation sites excluding steroid dienone is 1. The Kier molecular flexibility index (Phi) is 7.60. The van der Waals surface area contributed by atoms with Crippen LogP contribution in [0.25, 0.3) is 0 Å². The number of nitrogens with zero attached hydrogens (tertiary/aromatic N) is 1. The van der Waals surface area contributed by atoms with Gasteiger partial charge in [0.2, 0.25) is 0 Å². The number of aliphatic imine (C=N–C) groups is 1. The Morgan fingerprint density at radius 2 is 2.03 bits per heavy atom. The van der Waals surface area contributed by atoms with Crippen molar-refractivity contribution in [2.45, 2.75) is 25.8 Å². The minimum atomic E-state index is 0.625. The number of fused-ring (bicyclic) bond motifs is 1. The number of guanidine groups is 1. The van der Waals surface area contributed by atoms with Crippen molar-refractivity contribution in [3.05, 3.63) is 65.2 Å². The molecule has 30 heavy (non-hydrogen) atoms. The second-order valence-corrected chi connectivity index (χ2v) is 7.13. The molecule has 2 aromatic rings. The zero-order valence-corrected chi connectivity index (χ0v) is 18.1. The van der Waals surface area contributed by atoms with E-state index in [1.807, 2.05) is 12.1 Å². The van der Waals surface area contributed by atoms with Crippen molar-refractivity contribution in [3.8, 4) is 17.2 Å². The van der Waals surface area contributed by atoms with Gasteiger partial charge in [0.05, 0.1) is 20.8 Å². The molecule has 0 saturated carbocycles. The zero-order chi connectivity index (χ0) is 21.3. The number of hydrogen-bond donors (Lipinski definition) is 2. The molecule has 0 saturated heterocycles. The summed E-state index contributed by atoms with van der Waals surface area (Å²) in [5.74, 6) is 3.26. The van der Waals surface area contributed by atoms with Crippen molar-refractivity contribution in [2.24, 2.45) is 4.99 Å². The molecule has 1 aliphatic heterocycles. The maximum absolute atomic E-state index is 5.58. The molecule has 0 atom stereocenters. The lowest BCUT2D eigenvalue weighted by atomic mass is 10.1. The predicted octanol–water partition coefficient (Wildman–Crippen LogP) is 3.27. The van der Waals surface area contributed by atoms with E-state index in [1.165, 1.54) is 11.1 Å². The Labute approximate surface area is 179 Å². The molecule has 6 heteroatoms. The van der Waals surface area contributed by atoms with Gasteiger partial charge in [-0.15, -0.1) is 6.58 Å². The molecule has 0 fully saturated rings. The highest BCUT2D eigenvalue weighted by Crippen LogP contribution is 2.33. The van der Waals surface area contributed by atoms with E-state index in [2.05, 4.69) is 46.5 Å². The average molecular weight is 410 g/mol. The van der Waals surface area contributed by atoms with Gasteiger partial charge in [-0.3, -0.25) is 4.99 Å². The number of hydrogen-bond acceptors (Lipinski definition) is 4. The van der Waals surface area contributed by atoms with E-state index in [0.29, 0.717) is 13.0 Å². The molecular formula is C24H31N3O3. The predicted molar refractivity (Wildman–Crippen MR) is 121 cm³/mol. The van der Waals surface area contributed by atoms with Crippen LogP contribution in [0.3, 0.4) is 0 Å². The lowest BCUT2D eigenvalue weighted by Gasteiger charge is -2.16. The van der Waals surface area contributed by atoms with Gasteiger partial charge in [-0.05, 0) is 47.7 Å². The van der Waals surface area contributed by atoms with Crippen LogP contribution in [0.5, 0.6) is 17.2 Å². The lowest BCUT2D eigenvalue weighted by Crippen LogP contribution is -2.37. The summed E-state index contributed by atoms with van der Waals surface area (Å²) in [7, 11) is 5.08. The Morgan fingerprint density at radius 1 is 1.17 bits per heavy atom. The summed E-state index contributed by atoms with van der Waals surface area (Å²) in [6, 6.07) is 10.5. The van der Waals surface area contributed by atoms with E-state index in [9.17, 15) is 0 Å². The second kappa shape index (κ2) is 10.6. The average Bonchev–Trinajstić information content (AvgIpc) is 3.23. The van der Waals surface area contributed by atoms with Gasteiger partial charge in [-0.2, -0.15) is 0 Å². The standard InChI is InChI=1S/C24H31N3O3/c1-5-6-20-14-18(15-22(28-3)23(20)29-4)16-27-24(25-2)26-11-9-17-7-8-21-19(13-17)10-12-30-21/h5,7-8,13-15H,1,6,9-12,16H2,2-4H3,(H2,25,26,27). The third-order valence-corrected chi connectivity index (χ3v) is 5.12. The van der Waals surface area contributed by atoms with Crippen molar-refractivity contribution in [2.75, 3.05) is 34.4 Å². The highest BCUT2D eigenvalue weighted by molar-refractivity contribution is 5.79. The third-order valence-electron chi connectivity index (χ3n) is 5.12. The molecule has 3 rings (SSSR count). The Hall–Kier alpha value is -3.15. The van der Waals surface area contributed by atoms with Crippen molar-refractivity contribution in [1.82, 2.24) is 10.6 Å². The molecule has 0 aliphatic carbocycles. The van der Waals surface area contributed by atoms with Crippen LogP contribution in [0, 0.1) is 0 Å². The first-order valence-corrected chi connectivity index (χ1v) is 10.2. The van der Waals surface area contributed by atoms with Crippen molar-refractivity contribution in [3.63, 3.8) is 0 Å². The van der Waals surface area contributed by atoms with Crippen LogP contribution < -0.4 is 24.8 Å². The van der Waals surface area contributed by atoms with E-state index < -0.39 is 0 Å². The number of benzene rings is 2. The fourth-order valence-electron chi connectivity index (χ4n) is 3.64. The molecule has 6 nitrogen and oxygen atoms in total. The van der Waals surface area contributed by atoms with Crippen molar-refractivity contribution < 1.29 is 14.2 Å². The number of nitrogens with one attached hydrogen (secondary N) is 2.